The number of nitrogens with zero attached hydrogens (tertiary/aromatic N) is 1. The third-order valence-electron chi connectivity index (χ3n) is 19.9. The predicted molar refractivity (Wildman–Crippen MR) is 308 cm³/mol. The van der Waals surface area contributed by atoms with Crippen LogP contribution >= 0.6 is 11.3 Å². The number of thiophene rings is 1. The van der Waals surface area contributed by atoms with Gasteiger partial charge in [-0.05, 0) is 239 Å². The number of fused-ring (bicyclic) bond motifs is 9. The summed E-state index contributed by atoms with van der Waals surface area (Å²) in [4.78, 5) is 2.75. The number of hydrogen-bond acceptors (Lipinski definition) is 2. The van der Waals surface area contributed by atoms with Gasteiger partial charge in [-0.25, -0.2) is 0 Å². The van der Waals surface area contributed by atoms with Crippen LogP contribution in [0.3, 0.4) is 0 Å². The van der Waals surface area contributed by atoms with E-state index in [0.717, 1.165) is 6.42 Å². The first-order valence-electron chi connectivity index (χ1n) is 27.4. The van der Waals surface area contributed by atoms with Crippen molar-refractivity contribution < 1.29 is 0 Å². The van der Waals surface area contributed by atoms with E-state index in [0.29, 0.717) is 11.8 Å². The molecule has 0 N–H and O–H groups in total. The largest absolute Gasteiger partial charge is 0.311 e. The van der Waals surface area contributed by atoms with Crippen molar-refractivity contribution in [3.63, 3.8) is 0 Å². The molecule has 1 aromatic heterocycles. The smallest absolute Gasteiger partial charge is 0.259 e. The second-order valence-corrected chi connectivity index (χ2v) is 29.8. The molecule has 0 bridgehead atoms. The second kappa shape index (κ2) is 15.2. The maximum atomic E-state index is 2.75. The van der Waals surface area contributed by atoms with Crippen LogP contribution < -0.4 is 20.6 Å². The Morgan fingerprint density at radius 3 is 1.61 bits per heavy atom. The van der Waals surface area contributed by atoms with Crippen LogP contribution in [0.2, 0.25) is 0 Å². The molecule has 70 heavy (non-hydrogen) atoms. The molecule has 3 heterocycles. The van der Waals surface area contributed by atoms with Gasteiger partial charge in [-0.1, -0.05) is 147 Å². The molecule has 2 aliphatic heterocycles. The molecule has 2 atom stereocenters. The van der Waals surface area contributed by atoms with E-state index < -0.39 is 0 Å². The summed E-state index contributed by atoms with van der Waals surface area (Å²) in [5.41, 5.74) is 27.6. The molecule has 3 aliphatic carbocycles. The summed E-state index contributed by atoms with van der Waals surface area (Å²) < 4.78 is 3.07. The maximum absolute atomic E-state index is 2.75. The van der Waals surface area contributed by atoms with E-state index in [1.807, 2.05) is 0 Å². The van der Waals surface area contributed by atoms with Gasteiger partial charge in [0.1, 0.15) is 0 Å². The van der Waals surface area contributed by atoms with E-state index >= 15 is 0 Å². The van der Waals surface area contributed by atoms with Crippen LogP contribution in [-0.2, 0) is 44.3 Å². The van der Waals surface area contributed by atoms with Gasteiger partial charge in [0.2, 0.25) is 0 Å². The van der Waals surface area contributed by atoms with Crippen molar-refractivity contribution in [1.29, 1.82) is 0 Å². The van der Waals surface area contributed by atoms with Crippen molar-refractivity contribution in [3.05, 3.63) is 139 Å². The van der Waals surface area contributed by atoms with Crippen LogP contribution in [0.1, 0.15) is 233 Å². The topological polar surface area (TPSA) is 3.24 Å². The lowest BCUT2D eigenvalue weighted by Gasteiger charge is -2.44. The van der Waals surface area contributed by atoms with E-state index in [1.165, 1.54) is 105 Å². The quantitative estimate of drug-likeness (QED) is 0.160. The first kappa shape index (κ1) is 48.2. The minimum Gasteiger partial charge on any atom is -0.311 e. The average Bonchev–Trinajstić information content (AvgIpc) is 3.56. The summed E-state index contributed by atoms with van der Waals surface area (Å²) in [6, 6.07) is 28.8. The van der Waals surface area contributed by atoms with Gasteiger partial charge in [0, 0.05) is 21.8 Å². The van der Waals surface area contributed by atoms with Crippen LogP contribution in [0, 0.1) is 20.8 Å². The Kier molecular flexibility index (Phi) is 10.5. The van der Waals surface area contributed by atoms with Gasteiger partial charge in [-0.2, -0.15) is 0 Å². The van der Waals surface area contributed by atoms with Crippen LogP contribution in [0.4, 0.5) is 17.1 Å². The Hall–Kier alpha value is -4.08. The fraction of sp³-hybridized carbons (Fsp3) is 0.522. The normalized spacial score (nSPS) is 22.2. The van der Waals surface area contributed by atoms with Crippen LogP contribution in [0.5, 0.6) is 0 Å². The summed E-state index contributed by atoms with van der Waals surface area (Å²) in [5.74, 6) is 0.607. The molecule has 5 aromatic carbocycles. The number of hydrogen-bond donors (Lipinski definition) is 0. The molecule has 0 amide bonds. The summed E-state index contributed by atoms with van der Waals surface area (Å²) in [7, 11) is 0. The lowest BCUT2D eigenvalue weighted by atomic mass is 9.36. The van der Waals surface area contributed by atoms with Crippen LogP contribution in [0.25, 0.3) is 10.1 Å². The monoisotopic (exact) mass is 946 g/mol. The van der Waals surface area contributed by atoms with E-state index in [9.17, 15) is 0 Å². The standard InChI is InChI=1S/C67H84BNS/c1-38-28-42-32-45(41(4)44-34-49-47(30-39(44)2)62(8,9)22-24-64(49,12)13)58-46-35-50-52(67(18,19)27-25-65(50,14)15)37-57(46)70-60(58)68-53-33-43(61(5,6)7)20-21-54(53)69(56(29-38)59(42)68)55-36-51-48(31-40(55)3)63(10,11)23-26-66(51,16)17/h20-21,28-31,33-37,41,45H,22-27,32H2,1-19H3. The molecule has 0 saturated carbocycles. The van der Waals surface area contributed by atoms with Crippen molar-refractivity contribution in [2.24, 2.45) is 0 Å². The molecule has 0 radical (unpaired) electrons. The molecular formula is C67H84BNS. The summed E-state index contributed by atoms with van der Waals surface area (Å²) >= 11 is 2.15. The fourth-order valence-electron chi connectivity index (χ4n) is 14.8. The van der Waals surface area contributed by atoms with Gasteiger partial charge < -0.3 is 4.90 Å². The van der Waals surface area contributed by atoms with Gasteiger partial charge in [-0.3, -0.25) is 0 Å². The maximum Gasteiger partial charge on any atom is 0.259 e. The Balaban J connectivity index is 1.24. The number of anilines is 3. The SMILES string of the molecule is Cc1cc2c3c(c1)N(c1cc4c(cc1C)C(C)(C)CCC4(C)C)c1ccc(C(C)(C)C)cc1B3c1sc3cc4c(cc3c1C(C(C)c1cc3c(cc1C)C(C)(C)CCC3(C)C)C2)C(C)(C)CCC4(C)C. The second-order valence-electron chi connectivity index (χ2n) is 28.8. The summed E-state index contributed by atoms with van der Waals surface area (Å²) in [5, 5.41) is 1.52. The first-order valence-corrected chi connectivity index (χ1v) is 28.2. The molecule has 2 unspecified atom stereocenters. The summed E-state index contributed by atoms with van der Waals surface area (Å²) in [6.07, 6.45) is 8.35. The van der Waals surface area contributed by atoms with E-state index in [1.54, 1.807) is 49.2 Å². The zero-order valence-electron chi connectivity index (χ0n) is 46.9. The molecule has 0 saturated heterocycles. The molecule has 3 heteroatoms. The highest BCUT2D eigenvalue weighted by molar-refractivity contribution is 7.32. The van der Waals surface area contributed by atoms with E-state index in [4.69, 9.17) is 0 Å². The van der Waals surface area contributed by atoms with Gasteiger partial charge in [0.05, 0.1) is 0 Å². The lowest BCUT2D eigenvalue weighted by molar-refractivity contribution is 0.331. The molecule has 366 valence electrons. The van der Waals surface area contributed by atoms with Crippen molar-refractivity contribution in [2.45, 2.75) is 226 Å². The Labute approximate surface area is 428 Å². The Bertz CT molecular complexity index is 3190. The Morgan fingerprint density at radius 1 is 0.557 bits per heavy atom. The zero-order chi connectivity index (χ0) is 50.4. The molecule has 5 aliphatic rings. The molecule has 1 nitrogen and oxygen atoms in total. The summed E-state index contributed by atoms with van der Waals surface area (Å²) in [6.45, 7) is 47.1. The average molecular weight is 946 g/mol. The molecular weight excluding hydrogens is 862 g/mol. The number of rotatable bonds is 3. The predicted octanol–water partition coefficient (Wildman–Crippen LogP) is 16.9. The number of benzene rings is 5. The highest BCUT2D eigenvalue weighted by Gasteiger charge is 2.48. The van der Waals surface area contributed by atoms with Crippen LogP contribution in [-0.4, -0.2) is 6.71 Å². The first-order chi connectivity index (χ1) is 32.4. The van der Waals surface area contributed by atoms with E-state index in [-0.39, 0.29) is 44.6 Å². The zero-order valence-corrected chi connectivity index (χ0v) is 47.7. The molecule has 0 spiro atoms. The lowest BCUT2D eigenvalue weighted by Crippen LogP contribution is -2.58. The molecule has 0 fully saturated rings. The Morgan fingerprint density at radius 2 is 1.06 bits per heavy atom. The fourth-order valence-corrected chi connectivity index (χ4v) is 16.2. The highest BCUT2D eigenvalue weighted by Crippen LogP contribution is 2.55. The van der Waals surface area contributed by atoms with Gasteiger partial charge in [0.15, 0.2) is 0 Å². The minimum absolute atomic E-state index is 0.000889. The third kappa shape index (κ3) is 7.17. The van der Waals surface area contributed by atoms with Gasteiger partial charge in [0.25, 0.3) is 6.71 Å². The van der Waals surface area contributed by atoms with Gasteiger partial charge in [-0.15, -0.1) is 11.3 Å². The van der Waals surface area contributed by atoms with Crippen molar-refractivity contribution in [1.82, 2.24) is 0 Å². The third-order valence-corrected chi connectivity index (χ3v) is 21.1. The van der Waals surface area contributed by atoms with Gasteiger partial charge >= 0.3 is 0 Å². The van der Waals surface area contributed by atoms with Crippen molar-refractivity contribution in [2.75, 3.05) is 4.90 Å². The van der Waals surface area contributed by atoms with E-state index in [2.05, 4.69) is 215 Å². The minimum atomic E-state index is 0.000889. The molecule has 11 rings (SSSR count). The highest BCUT2D eigenvalue weighted by atomic mass is 32.1. The number of aryl methyl sites for hydroxylation is 3. The van der Waals surface area contributed by atoms with Crippen molar-refractivity contribution >= 4 is 60.9 Å². The van der Waals surface area contributed by atoms with Crippen LogP contribution in [0.15, 0.2) is 66.7 Å². The van der Waals surface area contributed by atoms with Crippen molar-refractivity contribution in [3.8, 4) is 0 Å². The molecule has 6 aromatic rings.